The van der Waals surface area contributed by atoms with E-state index in [4.69, 9.17) is 4.74 Å². The van der Waals surface area contributed by atoms with Crippen LogP contribution >= 0.6 is 0 Å². The zero-order chi connectivity index (χ0) is 14.7. The van der Waals surface area contributed by atoms with Gasteiger partial charge in [0.1, 0.15) is 18.4 Å². The Morgan fingerprint density at radius 2 is 1.95 bits per heavy atom. The average Bonchev–Trinajstić information content (AvgIpc) is 2.53. The molecule has 21 heavy (non-hydrogen) atoms. The van der Waals surface area contributed by atoms with Crippen LogP contribution in [0.5, 0.6) is 5.75 Å². The molecule has 0 aliphatic carbocycles. The second kappa shape index (κ2) is 6.16. The lowest BCUT2D eigenvalue weighted by atomic mass is 9.98. The van der Waals surface area contributed by atoms with Crippen LogP contribution in [0.4, 0.5) is 0 Å². The lowest BCUT2D eigenvalue weighted by molar-refractivity contribution is -0.158. The topological polar surface area (TPSA) is 49.9 Å². The van der Waals surface area contributed by atoms with Crippen molar-refractivity contribution in [3.05, 3.63) is 30.3 Å². The first-order valence-electron chi connectivity index (χ1n) is 7.52. The van der Waals surface area contributed by atoms with Crippen molar-refractivity contribution in [2.24, 2.45) is 0 Å². The Hall–Kier alpha value is -2.04. The number of amides is 2. The molecule has 0 radical (unpaired) electrons. The second-order valence-corrected chi connectivity index (χ2v) is 5.52. The van der Waals surface area contributed by atoms with E-state index in [1.165, 1.54) is 0 Å². The maximum Gasteiger partial charge on any atom is 0.245 e. The Balaban J connectivity index is 1.56. The van der Waals surface area contributed by atoms with Crippen molar-refractivity contribution in [1.29, 1.82) is 0 Å². The van der Waals surface area contributed by atoms with Gasteiger partial charge in [-0.1, -0.05) is 18.2 Å². The van der Waals surface area contributed by atoms with Gasteiger partial charge >= 0.3 is 0 Å². The molecule has 2 fully saturated rings. The highest BCUT2D eigenvalue weighted by Gasteiger charge is 2.40. The van der Waals surface area contributed by atoms with Crippen molar-refractivity contribution in [3.63, 3.8) is 0 Å². The van der Waals surface area contributed by atoms with Gasteiger partial charge in [0.05, 0.1) is 13.1 Å². The molecule has 1 unspecified atom stereocenters. The van der Waals surface area contributed by atoms with Gasteiger partial charge < -0.3 is 14.5 Å². The largest absolute Gasteiger partial charge is 0.492 e. The van der Waals surface area contributed by atoms with E-state index < -0.39 is 0 Å². The lowest BCUT2D eigenvalue weighted by Gasteiger charge is -2.42. The molecule has 1 aromatic carbocycles. The number of para-hydroxylation sites is 1. The molecular weight excluding hydrogens is 268 g/mol. The van der Waals surface area contributed by atoms with Crippen molar-refractivity contribution in [3.8, 4) is 5.75 Å². The van der Waals surface area contributed by atoms with Crippen LogP contribution in [-0.2, 0) is 9.59 Å². The predicted octanol–water partition coefficient (Wildman–Crippen LogP) is 1.29. The zero-order valence-corrected chi connectivity index (χ0v) is 12.0. The maximum atomic E-state index is 12.4. The maximum absolute atomic E-state index is 12.4. The van der Waals surface area contributed by atoms with Crippen molar-refractivity contribution in [2.45, 2.75) is 25.3 Å². The molecule has 0 bridgehead atoms. The number of carbonyl (C=O) groups is 2. The number of benzene rings is 1. The first kappa shape index (κ1) is 13.9. The Bertz CT molecular complexity index is 518. The van der Waals surface area contributed by atoms with E-state index in [1.807, 2.05) is 30.3 Å². The number of nitrogens with zero attached hydrogens (tertiary/aromatic N) is 2. The van der Waals surface area contributed by atoms with Gasteiger partial charge in [0.2, 0.25) is 11.8 Å². The summed E-state index contributed by atoms with van der Waals surface area (Å²) in [7, 11) is 0. The summed E-state index contributed by atoms with van der Waals surface area (Å²) in [5.41, 5.74) is 0. The lowest BCUT2D eigenvalue weighted by Crippen LogP contribution is -2.61. The number of piperidine rings is 1. The van der Waals surface area contributed by atoms with Crippen molar-refractivity contribution >= 4 is 11.8 Å². The summed E-state index contributed by atoms with van der Waals surface area (Å²) in [6, 6.07) is 9.27. The normalized spacial score (nSPS) is 22.2. The first-order valence-corrected chi connectivity index (χ1v) is 7.52. The number of carbonyl (C=O) groups excluding carboxylic acids is 2. The van der Waals surface area contributed by atoms with Crippen molar-refractivity contribution in [1.82, 2.24) is 9.80 Å². The van der Waals surface area contributed by atoms with Gasteiger partial charge in [-0.2, -0.15) is 0 Å². The second-order valence-electron chi connectivity index (χ2n) is 5.52. The van der Waals surface area contributed by atoms with E-state index in [9.17, 15) is 9.59 Å². The smallest absolute Gasteiger partial charge is 0.245 e. The molecule has 112 valence electrons. The fourth-order valence-electron chi connectivity index (χ4n) is 3.01. The molecule has 3 rings (SSSR count). The standard InChI is InChI=1S/C16H20N2O3/c19-15-12-17(10-11-21-13-6-2-1-3-7-13)16(20)14-8-4-5-9-18(14)15/h1-3,6-7,14H,4-5,8-12H2. The summed E-state index contributed by atoms with van der Waals surface area (Å²) in [6.45, 7) is 1.79. The van der Waals surface area contributed by atoms with Gasteiger partial charge in [0, 0.05) is 6.54 Å². The van der Waals surface area contributed by atoms with Crippen LogP contribution in [0.2, 0.25) is 0 Å². The minimum Gasteiger partial charge on any atom is -0.492 e. The van der Waals surface area contributed by atoms with Crippen LogP contribution in [0.1, 0.15) is 19.3 Å². The van der Waals surface area contributed by atoms with Crippen LogP contribution in [0.3, 0.4) is 0 Å². The number of ether oxygens (including phenoxy) is 1. The minimum absolute atomic E-state index is 0.0685. The summed E-state index contributed by atoms with van der Waals surface area (Å²) < 4.78 is 5.61. The Morgan fingerprint density at radius 1 is 1.14 bits per heavy atom. The molecule has 0 saturated carbocycles. The van der Waals surface area contributed by atoms with Crippen LogP contribution in [0.15, 0.2) is 30.3 Å². The molecule has 2 aliphatic heterocycles. The predicted molar refractivity (Wildman–Crippen MR) is 77.9 cm³/mol. The summed E-state index contributed by atoms with van der Waals surface area (Å²) in [5.74, 6) is 0.928. The number of rotatable bonds is 4. The van der Waals surface area contributed by atoms with Gasteiger partial charge in [0.15, 0.2) is 0 Å². The van der Waals surface area contributed by atoms with E-state index in [2.05, 4.69) is 0 Å². The van der Waals surface area contributed by atoms with Crippen LogP contribution in [0.25, 0.3) is 0 Å². The van der Waals surface area contributed by atoms with E-state index in [1.54, 1.807) is 9.80 Å². The molecule has 5 nitrogen and oxygen atoms in total. The summed E-state index contributed by atoms with van der Waals surface area (Å²) >= 11 is 0. The van der Waals surface area contributed by atoms with E-state index in [0.717, 1.165) is 31.6 Å². The van der Waals surface area contributed by atoms with E-state index in [-0.39, 0.29) is 24.4 Å². The highest BCUT2D eigenvalue weighted by molar-refractivity contribution is 5.95. The molecule has 0 N–H and O–H groups in total. The van der Waals surface area contributed by atoms with Crippen LogP contribution < -0.4 is 4.74 Å². The highest BCUT2D eigenvalue weighted by atomic mass is 16.5. The summed E-state index contributed by atoms with van der Waals surface area (Å²) in [5, 5.41) is 0. The summed E-state index contributed by atoms with van der Waals surface area (Å²) in [4.78, 5) is 27.9. The number of piperazine rings is 1. The quantitative estimate of drug-likeness (QED) is 0.839. The summed E-state index contributed by atoms with van der Waals surface area (Å²) in [6.07, 6.45) is 2.82. The molecule has 2 heterocycles. The highest BCUT2D eigenvalue weighted by Crippen LogP contribution is 2.23. The number of hydrogen-bond acceptors (Lipinski definition) is 3. The fourth-order valence-corrected chi connectivity index (χ4v) is 3.01. The van der Waals surface area contributed by atoms with E-state index >= 15 is 0 Å². The van der Waals surface area contributed by atoms with E-state index in [0.29, 0.717) is 13.2 Å². The molecule has 2 aliphatic rings. The average molecular weight is 288 g/mol. The van der Waals surface area contributed by atoms with Gasteiger partial charge in [0.25, 0.3) is 0 Å². The van der Waals surface area contributed by atoms with Gasteiger partial charge in [-0.15, -0.1) is 0 Å². The van der Waals surface area contributed by atoms with Gasteiger partial charge in [-0.05, 0) is 31.4 Å². The third kappa shape index (κ3) is 3.01. The Kier molecular flexibility index (Phi) is 4.08. The minimum atomic E-state index is -0.239. The number of hydrogen-bond donors (Lipinski definition) is 0. The van der Waals surface area contributed by atoms with Crippen molar-refractivity contribution in [2.75, 3.05) is 26.2 Å². The SMILES string of the molecule is O=C1C2CCCCN2C(=O)CN1CCOc1ccccc1. The molecule has 5 heteroatoms. The Morgan fingerprint density at radius 3 is 2.76 bits per heavy atom. The molecule has 2 amide bonds. The zero-order valence-electron chi connectivity index (χ0n) is 12.0. The molecule has 0 aromatic heterocycles. The first-order chi connectivity index (χ1) is 10.3. The molecule has 0 spiro atoms. The third-order valence-electron chi connectivity index (χ3n) is 4.12. The van der Waals surface area contributed by atoms with Crippen LogP contribution in [-0.4, -0.2) is 53.9 Å². The molecule has 2 saturated heterocycles. The van der Waals surface area contributed by atoms with Gasteiger partial charge in [-0.25, -0.2) is 0 Å². The third-order valence-corrected chi connectivity index (χ3v) is 4.12. The monoisotopic (exact) mass is 288 g/mol. The number of fused-ring (bicyclic) bond motifs is 1. The Labute approximate surface area is 124 Å². The van der Waals surface area contributed by atoms with Gasteiger partial charge in [-0.3, -0.25) is 9.59 Å². The molecule has 1 atom stereocenters. The fraction of sp³-hybridized carbons (Fsp3) is 0.500. The van der Waals surface area contributed by atoms with Crippen molar-refractivity contribution < 1.29 is 14.3 Å². The van der Waals surface area contributed by atoms with Crippen LogP contribution in [0, 0.1) is 0 Å². The molecule has 1 aromatic rings. The molecular formula is C16H20N2O3.